The molecule has 0 amide bonds. The van der Waals surface area contributed by atoms with Gasteiger partial charge in [0.05, 0.1) is 11.3 Å². The minimum atomic E-state index is -0.412. The number of benzene rings is 1. The molecule has 0 spiro atoms. The first-order valence-corrected chi connectivity index (χ1v) is 8.97. The van der Waals surface area contributed by atoms with E-state index in [1.807, 2.05) is 24.4 Å². The molecule has 2 heterocycles. The summed E-state index contributed by atoms with van der Waals surface area (Å²) < 4.78 is 6.37. The first kappa shape index (κ1) is 17.7. The molecule has 1 aromatic heterocycles. The van der Waals surface area contributed by atoms with Crippen molar-refractivity contribution in [3.8, 4) is 5.75 Å². The monoisotopic (exact) mass is 336 g/mol. The van der Waals surface area contributed by atoms with Crippen molar-refractivity contribution in [2.75, 3.05) is 0 Å². The van der Waals surface area contributed by atoms with E-state index >= 15 is 0 Å². The van der Waals surface area contributed by atoms with Crippen LogP contribution in [-0.4, -0.2) is 21.8 Å². The smallest absolute Gasteiger partial charge is 0.129 e. The van der Waals surface area contributed by atoms with Crippen LogP contribution in [0.3, 0.4) is 0 Å². The predicted octanol–water partition coefficient (Wildman–Crippen LogP) is 5.30. The molecule has 0 fully saturated rings. The van der Waals surface area contributed by atoms with Crippen molar-refractivity contribution in [1.29, 1.82) is 0 Å². The number of aromatic nitrogens is 1. The molecule has 0 saturated heterocycles. The number of aliphatic imine (C=N–C) groups is 1. The van der Waals surface area contributed by atoms with Gasteiger partial charge in [-0.05, 0) is 64.3 Å². The molecule has 0 aliphatic carbocycles. The van der Waals surface area contributed by atoms with Crippen LogP contribution >= 0.6 is 0 Å². The first-order valence-electron chi connectivity index (χ1n) is 8.97. The van der Waals surface area contributed by atoms with Crippen LogP contribution in [0.2, 0.25) is 0 Å². The van der Waals surface area contributed by atoms with Gasteiger partial charge < -0.3 is 4.74 Å². The summed E-state index contributed by atoms with van der Waals surface area (Å²) in [6.45, 7) is 14.9. The number of nitrogens with zero attached hydrogens (tertiary/aromatic N) is 2. The van der Waals surface area contributed by atoms with Gasteiger partial charge in [-0.1, -0.05) is 26.0 Å². The van der Waals surface area contributed by atoms with Crippen LogP contribution in [0.4, 0.5) is 0 Å². The molecule has 0 N–H and O–H groups in total. The van der Waals surface area contributed by atoms with Gasteiger partial charge in [-0.2, -0.15) is 0 Å². The van der Waals surface area contributed by atoms with E-state index in [1.165, 1.54) is 5.56 Å². The second-order valence-electron chi connectivity index (χ2n) is 8.21. The molecule has 1 aliphatic rings. The molecule has 0 bridgehead atoms. The lowest BCUT2D eigenvalue weighted by molar-refractivity contribution is 0.0441. The third kappa shape index (κ3) is 3.08. The summed E-state index contributed by atoms with van der Waals surface area (Å²) in [7, 11) is 0. The highest BCUT2D eigenvalue weighted by molar-refractivity contribution is 6.14. The van der Waals surface area contributed by atoms with E-state index in [-0.39, 0.29) is 5.54 Å². The fourth-order valence-corrected chi connectivity index (χ4v) is 3.16. The van der Waals surface area contributed by atoms with E-state index in [0.29, 0.717) is 5.92 Å². The van der Waals surface area contributed by atoms with Gasteiger partial charge in [0.2, 0.25) is 0 Å². The SMILES string of the molecule is Cc1cc(C2=NC(C)(C)C(C)(C)Oc3ccccc32)cnc1C(C)C. The number of aryl methyl sites for hydroxylation is 1. The van der Waals surface area contributed by atoms with Crippen LogP contribution in [-0.2, 0) is 0 Å². The minimum Gasteiger partial charge on any atom is -0.485 e. The first-order chi connectivity index (χ1) is 11.6. The topological polar surface area (TPSA) is 34.5 Å². The average Bonchev–Trinajstić information content (AvgIpc) is 2.59. The highest BCUT2D eigenvalue weighted by atomic mass is 16.5. The molecule has 0 atom stereocenters. The summed E-state index contributed by atoms with van der Waals surface area (Å²) in [5.74, 6) is 1.29. The van der Waals surface area contributed by atoms with Crippen LogP contribution in [0, 0.1) is 6.92 Å². The van der Waals surface area contributed by atoms with Crippen LogP contribution in [0.15, 0.2) is 41.5 Å². The van der Waals surface area contributed by atoms with Gasteiger partial charge in [0.25, 0.3) is 0 Å². The van der Waals surface area contributed by atoms with Gasteiger partial charge in [0, 0.05) is 23.0 Å². The van der Waals surface area contributed by atoms with Crippen molar-refractivity contribution in [3.05, 3.63) is 58.9 Å². The molecule has 3 rings (SSSR count). The lowest BCUT2D eigenvalue weighted by Crippen LogP contribution is -2.48. The Labute approximate surface area is 151 Å². The molecule has 3 heteroatoms. The van der Waals surface area contributed by atoms with Crippen LogP contribution in [0.1, 0.15) is 69.8 Å². The fourth-order valence-electron chi connectivity index (χ4n) is 3.16. The number of fused-ring (bicyclic) bond motifs is 1. The standard InChI is InChI=1S/C22H28N2O/c1-14(2)19-15(3)12-16(13-23-19)20-17-10-8-9-11-18(17)25-22(6,7)21(4,5)24-20/h8-14H,1-7H3. The summed E-state index contributed by atoms with van der Waals surface area (Å²) in [5.41, 5.74) is 4.59. The molecule has 3 nitrogen and oxygen atoms in total. The highest BCUT2D eigenvalue weighted by Gasteiger charge is 2.42. The van der Waals surface area contributed by atoms with Crippen molar-refractivity contribution in [2.24, 2.45) is 4.99 Å². The quantitative estimate of drug-likeness (QED) is 0.746. The van der Waals surface area contributed by atoms with Crippen LogP contribution < -0.4 is 4.74 Å². The number of hydrogen-bond donors (Lipinski definition) is 0. The van der Waals surface area contributed by atoms with E-state index in [9.17, 15) is 0 Å². The lowest BCUT2D eigenvalue weighted by Gasteiger charge is -2.37. The van der Waals surface area contributed by atoms with E-state index in [2.05, 4.69) is 60.6 Å². The van der Waals surface area contributed by atoms with Gasteiger partial charge >= 0.3 is 0 Å². The molecule has 132 valence electrons. The summed E-state index contributed by atoms with van der Waals surface area (Å²) in [6, 6.07) is 10.3. The molecule has 0 unspecified atom stereocenters. The highest BCUT2D eigenvalue weighted by Crippen LogP contribution is 2.38. The zero-order valence-corrected chi connectivity index (χ0v) is 16.3. The molecule has 1 aromatic carbocycles. The van der Waals surface area contributed by atoms with E-state index in [1.54, 1.807) is 0 Å². The van der Waals surface area contributed by atoms with Gasteiger partial charge in [0.15, 0.2) is 0 Å². The van der Waals surface area contributed by atoms with Crippen LogP contribution in [0.25, 0.3) is 0 Å². The Morgan fingerprint density at radius 1 is 1.04 bits per heavy atom. The van der Waals surface area contributed by atoms with Gasteiger partial charge in [-0.15, -0.1) is 0 Å². The molecular formula is C22H28N2O. The van der Waals surface area contributed by atoms with Gasteiger partial charge in [-0.25, -0.2) is 0 Å². The maximum absolute atomic E-state index is 6.37. The van der Waals surface area contributed by atoms with Gasteiger partial charge in [0.1, 0.15) is 11.4 Å². The van der Waals surface area contributed by atoms with E-state index in [4.69, 9.17) is 14.7 Å². The second kappa shape index (κ2) is 5.98. The summed E-state index contributed by atoms with van der Waals surface area (Å²) in [5, 5.41) is 0. The third-order valence-electron chi connectivity index (χ3n) is 5.31. The number of hydrogen-bond acceptors (Lipinski definition) is 3. The summed E-state index contributed by atoms with van der Waals surface area (Å²) >= 11 is 0. The molecular weight excluding hydrogens is 308 g/mol. The van der Waals surface area contributed by atoms with Crippen molar-refractivity contribution in [2.45, 2.75) is 65.5 Å². The van der Waals surface area contributed by atoms with E-state index < -0.39 is 5.60 Å². The number of para-hydroxylation sites is 1. The predicted molar refractivity (Wildman–Crippen MR) is 104 cm³/mol. The van der Waals surface area contributed by atoms with Crippen molar-refractivity contribution < 1.29 is 4.74 Å². The maximum Gasteiger partial charge on any atom is 0.129 e. The zero-order chi connectivity index (χ0) is 18.4. The van der Waals surface area contributed by atoms with Gasteiger partial charge in [-0.3, -0.25) is 9.98 Å². The minimum absolute atomic E-state index is 0.369. The molecule has 1 aliphatic heterocycles. The molecule has 0 saturated carbocycles. The Morgan fingerprint density at radius 2 is 1.72 bits per heavy atom. The largest absolute Gasteiger partial charge is 0.485 e. The number of rotatable bonds is 2. The normalized spacial score (nSPS) is 18.2. The zero-order valence-electron chi connectivity index (χ0n) is 16.3. The molecule has 0 radical (unpaired) electrons. The lowest BCUT2D eigenvalue weighted by atomic mass is 9.86. The Morgan fingerprint density at radius 3 is 2.36 bits per heavy atom. The molecule has 2 aromatic rings. The second-order valence-corrected chi connectivity index (χ2v) is 8.21. The fraction of sp³-hybridized carbons (Fsp3) is 0.455. The Hall–Kier alpha value is -2.16. The van der Waals surface area contributed by atoms with Crippen molar-refractivity contribution in [1.82, 2.24) is 4.98 Å². The summed E-state index contributed by atoms with van der Waals surface area (Å²) in [4.78, 5) is 9.86. The average molecular weight is 336 g/mol. The van der Waals surface area contributed by atoms with Crippen molar-refractivity contribution >= 4 is 5.71 Å². The Balaban J connectivity index is 2.22. The number of ether oxygens (including phenoxy) is 1. The number of pyridine rings is 1. The third-order valence-corrected chi connectivity index (χ3v) is 5.31. The van der Waals surface area contributed by atoms with Crippen LogP contribution in [0.5, 0.6) is 5.75 Å². The van der Waals surface area contributed by atoms with E-state index in [0.717, 1.165) is 28.3 Å². The Bertz CT molecular complexity index is 832. The molecule has 25 heavy (non-hydrogen) atoms. The van der Waals surface area contributed by atoms with Crippen molar-refractivity contribution in [3.63, 3.8) is 0 Å². The Kier molecular flexibility index (Phi) is 4.22. The maximum atomic E-state index is 6.37. The summed E-state index contributed by atoms with van der Waals surface area (Å²) in [6.07, 6.45) is 1.95.